The lowest BCUT2D eigenvalue weighted by atomic mass is 10.1. The van der Waals surface area contributed by atoms with Gasteiger partial charge >= 0.3 is 6.18 Å². The van der Waals surface area contributed by atoms with E-state index in [4.69, 9.17) is 0 Å². The van der Waals surface area contributed by atoms with Crippen molar-refractivity contribution in [3.63, 3.8) is 0 Å². The summed E-state index contributed by atoms with van der Waals surface area (Å²) >= 11 is 0. The minimum Gasteiger partial charge on any atom is -0.378 e. The zero-order chi connectivity index (χ0) is 15.6. The van der Waals surface area contributed by atoms with E-state index in [0.29, 0.717) is 11.6 Å². The van der Waals surface area contributed by atoms with Gasteiger partial charge in [-0.1, -0.05) is 12.1 Å². The first-order valence-electron chi connectivity index (χ1n) is 6.13. The quantitative estimate of drug-likeness (QED) is 0.795. The van der Waals surface area contributed by atoms with Crippen molar-refractivity contribution in [2.45, 2.75) is 19.6 Å². The molecule has 2 aromatic carbocycles. The molecule has 1 N–H and O–H groups in total. The standard InChI is InChI=1S/C15H12F5N/c1-9-3-2-4-13(17)14(9)21-8-10-5-11(15(18,19)20)7-12(16)6-10/h2-7,21H,8H2,1H3. The van der Waals surface area contributed by atoms with Gasteiger partial charge in [0.15, 0.2) is 0 Å². The minimum absolute atomic E-state index is 0.0879. The molecule has 2 aromatic rings. The van der Waals surface area contributed by atoms with Crippen LogP contribution < -0.4 is 5.32 Å². The van der Waals surface area contributed by atoms with Crippen LogP contribution in [-0.2, 0) is 12.7 Å². The minimum atomic E-state index is -4.62. The second-order valence-electron chi connectivity index (χ2n) is 4.63. The van der Waals surface area contributed by atoms with Crippen molar-refractivity contribution >= 4 is 5.69 Å². The Balaban J connectivity index is 2.23. The number of aryl methyl sites for hydroxylation is 1. The average molecular weight is 301 g/mol. The first-order valence-corrected chi connectivity index (χ1v) is 6.13. The molecular formula is C15H12F5N. The summed E-state index contributed by atoms with van der Waals surface area (Å²) in [5.41, 5.74) is -0.174. The fraction of sp³-hybridized carbons (Fsp3) is 0.200. The Hall–Kier alpha value is -2.11. The molecule has 6 heteroatoms. The third-order valence-electron chi connectivity index (χ3n) is 2.98. The van der Waals surface area contributed by atoms with E-state index in [-0.39, 0.29) is 17.8 Å². The highest BCUT2D eigenvalue weighted by Crippen LogP contribution is 2.30. The maximum absolute atomic E-state index is 13.6. The summed E-state index contributed by atoms with van der Waals surface area (Å²) in [5, 5.41) is 2.69. The molecule has 0 aliphatic rings. The molecule has 0 spiro atoms. The van der Waals surface area contributed by atoms with Crippen molar-refractivity contribution in [1.82, 2.24) is 0 Å². The number of benzene rings is 2. The molecule has 0 amide bonds. The van der Waals surface area contributed by atoms with E-state index in [1.54, 1.807) is 13.0 Å². The molecule has 0 bridgehead atoms. The number of anilines is 1. The van der Waals surface area contributed by atoms with Crippen LogP contribution in [0.25, 0.3) is 0 Å². The van der Waals surface area contributed by atoms with E-state index in [2.05, 4.69) is 5.32 Å². The van der Waals surface area contributed by atoms with Gasteiger partial charge in [0.1, 0.15) is 11.6 Å². The Morgan fingerprint density at radius 3 is 2.38 bits per heavy atom. The van der Waals surface area contributed by atoms with E-state index >= 15 is 0 Å². The zero-order valence-electron chi connectivity index (χ0n) is 11.1. The van der Waals surface area contributed by atoms with Gasteiger partial charge in [-0.25, -0.2) is 8.78 Å². The SMILES string of the molecule is Cc1cccc(F)c1NCc1cc(F)cc(C(F)(F)F)c1. The molecule has 0 aliphatic heterocycles. The number of nitrogens with one attached hydrogen (secondary N) is 1. The second kappa shape index (κ2) is 5.71. The number of rotatable bonds is 3. The van der Waals surface area contributed by atoms with Gasteiger partial charge in [0, 0.05) is 6.54 Å². The number of hydrogen-bond acceptors (Lipinski definition) is 1. The van der Waals surface area contributed by atoms with Gasteiger partial charge in [0.05, 0.1) is 11.3 Å². The first kappa shape index (κ1) is 15.3. The third-order valence-corrected chi connectivity index (χ3v) is 2.98. The normalized spacial score (nSPS) is 11.5. The highest BCUT2D eigenvalue weighted by atomic mass is 19.4. The Labute approximate surface area is 118 Å². The lowest BCUT2D eigenvalue weighted by molar-refractivity contribution is -0.137. The lowest BCUT2D eigenvalue weighted by Gasteiger charge is -2.13. The summed E-state index contributed by atoms with van der Waals surface area (Å²) in [7, 11) is 0. The van der Waals surface area contributed by atoms with Crippen molar-refractivity contribution in [3.05, 3.63) is 64.7 Å². The molecule has 0 aromatic heterocycles. The Bertz CT molecular complexity index is 629. The predicted molar refractivity (Wildman–Crippen MR) is 69.9 cm³/mol. The molecule has 0 saturated carbocycles. The number of hydrogen-bond donors (Lipinski definition) is 1. The fourth-order valence-electron chi connectivity index (χ4n) is 1.96. The molecule has 0 radical (unpaired) electrons. The van der Waals surface area contributed by atoms with Crippen molar-refractivity contribution in [3.8, 4) is 0 Å². The third kappa shape index (κ3) is 3.71. The van der Waals surface area contributed by atoms with E-state index in [0.717, 1.165) is 12.1 Å². The molecule has 0 atom stereocenters. The number of alkyl halides is 3. The maximum Gasteiger partial charge on any atom is 0.416 e. The molecule has 0 unspecified atom stereocenters. The van der Waals surface area contributed by atoms with Gasteiger partial charge in [0.2, 0.25) is 0 Å². The summed E-state index contributed by atoms with van der Waals surface area (Å²) in [6, 6.07) is 6.68. The molecule has 21 heavy (non-hydrogen) atoms. The first-order chi connectivity index (χ1) is 9.77. The van der Waals surface area contributed by atoms with Gasteiger partial charge in [-0.3, -0.25) is 0 Å². The second-order valence-corrected chi connectivity index (χ2v) is 4.63. The summed E-state index contributed by atoms with van der Waals surface area (Å²) in [6.07, 6.45) is -4.62. The Kier molecular flexibility index (Phi) is 4.16. The van der Waals surface area contributed by atoms with Crippen LogP contribution in [0.2, 0.25) is 0 Å². The molecule has 0 heterocycles. The van der Waals surface area contributed by atoms with Crippen LogP contribution in [-0.4, -0.2) is 0 Å². The molecular weight excluding hydrogens is 289 g/mol. The summed E-state index contributed by atoms with van der Waals surface area (Å²) in [6.45, 7) is 1.56. The fourth-order valence-corrected chi connectivity index (χ4v) is 1.96. The molecule has 0 fully saturated rings. The van der Waals surface area contributed by atoms with Gasteiger partial charge in [0.25, 0.3) is 0 Å². The van der Waals surface area contributed by atoms with Crippen LogP contribution in [0.1, 0.15) is 16.7 Å². The Morgan fingerprint density at radius 2 is 1.76 bits per heavy atom. The highest BCUT2D eigenvalue weighted by molar-refractivity contribution is 5.52. The van der Waals surface area contributed by atoms with Gasteiger partial charge in [-0.05, 0) is 42.3 Å². The van der Waals surface area contributed by atoms with Gasteiger partial charge in [-0.15, -0.1) is 0 Å². The van der Waals surface area contributed by atoms with Crippen LogP contribution >= 0.6 is 0 Å². The van der Waals surface area contributed by atoms with E-state index in [1.807, 2.05) is 0 Å². The predicted octanol–water partition coefficient (Wildman–Crippen LogP) is 4.90. The van der Waals surface area contributed by atoms with Crippen molar-refractivity contribution in [2.24, 2.45) is 0 Å². The maximum atomic E-state index is 13.6. The average Bonchev–Trinajstić information content (AvgIpc) is 2.36. The number of halogens is 5. The van der Waals surface area contributed by atoms with Crippen LogP contribution in [0, 0.1) is 18.6 Å². The van der Waals surface area contributed by atoms with E-state index in [1.165, 1.54) is 12.1 Å². The van der Waals surface area contributed by atoms with Crippen molar-refractivity contribution in [1.29, 1.82) is 0 Å². The smallest absolute Gasteiger partial charge is 0.378 e. The Morgan fingerprint density at radius 1 is 1.05 bits per heavy atom. The molecule has 112 valence electrons. The van der Waals surface area contributed by atoms with Crippen LogP contribution in [0.5, 0.6) is 0 Å². The number of para-hydroxylation sites is 1. The largest absolute Gasteiger partial charge is 0.416 e. The van der Waals surface area contributed by atoms with Crippen LogP contribution in [0.4, 0.5) is 27.6 Å². The van der Waals surface area contributed by atoms with Crippen LogP contribution in [0.15, 0.2) is 36.4 Å². The van der Waals surface area contributed by atoms with Crippen molar-refractivity contribution < 1.29 is 22.0 Å². The molecule has 0 saturated heterocycles. The van der Waals surface area contributed by atoms with E-state index in [9.17, 15) is 22.0 Å². The molecule has 2 rings (SSSR count). The topological polar surface area (TPSA) is 12.0 Å². The summed E-state index contributed by atoms with van der Waals surface area (Å²) < 4.78 is 64.6. The summed E-state index contributed by atoms with van der Waals surface area (Å²) in [5.74, 6) is -1.49. The van der Waals surface area contributed by atoms with Gasteiger partial charge in [-0.2, -0.15) is 13.2 Å². The summed E-state index contributed by atoms with van der Waals surface area (Å²) in [4.78, 5) is 0. The van der Waals surface area contributed by atoms with Crippen LogP contribution in [0.3, 0.4) is 0 Å². The van der Waals surface area contributed by atoms with Gasteiger partial charge < -0.3 is 5.32 Å². The monoisotopic (exact) mass is 301 g/mol. The molecule has 1 nitrogen and oxygen atoms in total. The molecule has 0 aliphatic carbocycles. The van der Waals surface area contributed by atoms with E-state index < -0.39 is 23.4 Å². The lowest BCUT2D eigenvalue weighted by Crippen LogP contribution is -2.09. The highest BCUT2D eigenvalue weighted by Gasteiger charge is 2.31. The van der Waals surface area contributed by atoms with Crippen molar-refractivity contribution in [2.75, 3.05) is 5.32 Å². The zero-order valence-corrected chi connectivity index (χ0v) is 11.1.